The molecule has 5 nitrogen and oxygen atoms in total. The summed E-state index contributed by atoms with van der Waals surface area (Å²) in [7, 11) is 1.37. The van der Waals surface area contributed by atoms with Gasteiger partial charge in [0, 0.05) is 23.4 Å². The van der Waals surface area contributed by atoms with E-state index < -0.39 is 47.1 Å². The van der Waals surface area contributed by atoms with Crippen molar-refractivity contribution in [3.8, 4) is 16.9 Å². The van der Waals surface area contributed by atoms with Crippen molar-refractivity contribution in [2.75, 3.05) is 13.7 Å². The Hall–Kier alpha value is -3.83. The Balaban J connectivity index is 1.67. The van der Waals surface area contributed by atoms with Crippen LogP contribution in [0, 0.1) is 5.82 Å². The van der Waals surface area contributed by atoms with Crippen molar-refractivity contribution in [3.05, 3.63) is 82.4 Å². The van der Waals surface area contributed by atoms with Crippen molar-refractivity contribution in [1.29, 1.82) is 0 Å². The van der Waals surface area contributed by atoms with Crippen LogP contribution in [-0.4, -0.2) is 29.6 Å². The van der Waals surface area contributed by atoms with Crippen LogP contribution in [0.25, 0.3) is 11.1 Å². The number of halogens is 7. The van der Waals surface area contributed by atoms with Crippen molar-refractivity contribution in [1.82, 2.24) is 9.88 Å². The third-order valence-corrected chi connectivity index (χ3v) is 6.33. The smallest absolute Gasteiger partial charge is 0.416 e. The lowest BCUT2D eigenvalue weighted by Crippen LogP contribution is -2.24. The SMILES string of the molecule is COc1cc(F)c(C(C)C)cc1-c1cccnc1CN1C[C@@H](c2cc(C(F)(F)F)cc(C(F)(F)F)c2)OC1=O. The van der Waals surface area contributed by atoms with Gasteiger partial charge < -0.3 is 9.47 Å². The minimum atomic E-state index is -5.04. The molecule has 0 radical (unpaired) electrons. The summed E-state index contributed by atoms with van der Waals surface area (Å²) in [5.41, 5.74) is -1.66. The third kappa shape index (κ3) is 5.94. The van der Waals surface area contributed by atoms with E-state index >= 15 is 0 Å². The predicted molar refractivity (Wildman–Crippen MR) is 126 cm³/mol. The largest absolute Gasteiger partial charge is 0.496 e. The van der Waals surface area contributed by atoms with Crippen LogP contribution in [0.15, 0.2) is 48.7 Å². The Kier molecular flexibility index (Phi) is 7.50. The summed E-state index contributed by atoms with van der Waals surface area (Å²) in [4.78, 5) is 18.1. The Morgan fingerprint density at radius 1 is 1.03 bits per heavy atom. The molecule has 1 amide bonds. The second-order valence-electron chi connectivity index (χ2n) is 9.32. The molecule has 0 unspecified atom stereocenters. The number of alkyl halides is 6. The van der Waals surface area contributed by atoms with Crippen LogP contribution in [-0.2, 0) is 23.6 Å². The highest BCUT2D eigenvalue weighted by atomic mass is 19.4. The molecule has 2 heterocycles. The van der Waals surface area contributed by atoms with E-state index in [-0.39, 0.29) is 30.8 Å². The molecule has 208 valence electrons. The number of rotatable bonds is 6. The number of amides is 1. The van der Waals surface area contributed by atoms with Crippen molar-refractivity contribution >= 4 is 6.09 Å². The molecular formula is C27H23F7N2O3. The first kappa shape index (κ1) is 28.2. The normalized spacial score (nSPS) is 16.1. The number of benzene rings is 2. The van der Waals surface area contributed by atoms with Crippen LogP contribution in [0.4, 0.5) is 35.5 Å². The number of nitrogens with zero attached hydrogens (tertiary/aromatic N) is 2. The summed E-state index contributed by atoms with van der Waals surface area (Å²) in [5, 5.41) is 0. The quantitative estimate of drug-likeness (QED) is 0.292. The van der Waals surface area contributed by atoms with Gasteiger partial charge in [-0.3, -0.25) is 9.88 Å². The van der Waals surface area contributed by atoms with Crippen molar-refractivity contribution in [2.24, 2.45) is 0 Å². The van der Waals surface area contributed by atoms with Gasteiger partial charge in [-0.2, -0.15) is 26.3 Å². The standard InChI is InChI=1S/C27H23F7N2O3/c1-14(2)19-10-20(23(38-3)11-21(19)28)18-5-4-6-35-22(18)12-36-13-24(39-25(36)37)15-7-16(26(29,30)31)9-17(8-15)27(32,33)34/h4-11,14,24H,12-13H2,1-3H3/t24-/m0/s1. The first-order valence-electron chi connectivity index (χ1n) is 11.8. The second-order valence-corrected chi connectivity index (χ2v) is 9.32. The van der Waals surface area contributed by atoms with Gasteiger partial charge in [-0.25, -0.2) is 9.18 Å². The molecule has 0 saturated carbocycles. The zero-order chi connectivity index (χ0) is 28.7. The zero-order valence-corrected chi connectivity index (χ0v) is 21.0. The number of methoxy groups -OCH3 is 1. The van der Waals surface area contributed by atoms with E-state index in [0.717, 1.165) is 4.90 Å². The fraction of sp³-hybridized carbons (Fsp3) is 0.333. The predicted octanol–water partition coefficient (Wildman–Crippen LogP) is 7.75. The van der Waals surface area contributed by atoms with E-state index in [1.54, 1.807) is 18.2 Å². The first-order valence-corrected chi connectivity index (χ1v) is 11.8. The van der Waals surface area contributed by atoms with Crippen LogP contribution >= 0.6 is 0 Å². The maximum absolute atomic E-state index is 14.6. The summed E-state index contributed by atoms with van der Waals surface area (Å²) < 4.78 is 105. The number of hydrogen-bond donors (Lipinski definition) is 0. The van der Waals surface area contributed by atoms with E-state index in [2.05, 4.69) is 4.98 Å². The molecule has 4 rings (SSSR count). The highest BCUT2D eigenvalue weighted by molar-refractivity contribution is 5.75. The van der Waals surface area contributed by atoms with E-state index in [1.165, 1.54) is 19.4 Å². The van der Waals surface area contributed by atoms with E-state index in [9.17, 15) is 35.5 Å². The average Bonchev–Trinajstić information content (AvgIpc) is 3.22. The maximum atomic E-state index is 14.6. The number of hydrogen-bond acceptors (Lipinski definition) is 4. The molecule has 0 spiro atoms. The molecular weight excluding hydrogens is 533 g/mol. The van der Waals surface area contributed by atoms with Crippen LogP contribution in [0.2, 0.25) is 0 Å². The number of pyridine rings is 1. The molecule has 0 bridgehead atoms. The lowest BCUT2D eigenvalue weighted by molar-refractivity contribution is -0.143. The van der Waals surface area contributed by atoms with Gasteiger partial charge in [0.05, 0.1) is 37.0 Å². The fourth-order valence-electron chi connectivity index (χ4n) is 4.36. The first-order chi connectivity index (χ1) is 18.2. The molecule has 1 aliphatic rings. The highest BCUT2D eigenvalue weighted by Crippen LogP contribution is 2.40. The third-order valence-electron chi connectivity index (χ3n) is 6.33. The molecule has 1 aliphatic heterocycles. The van der Waals surface area contributed by atoms with E-state index in [0.29, 0.717) is 34.5 Å². The Labute approximate surface area is 219 Å². The molecule has 1 atom stereocenters. The van der Waals surface area contributed by atoms with Crippen LogP contribution in [0.3, 0.4) is 0 Å². The molecule has 39 heavy (non-hydrogen) atoms. The number of carbonyl (C=O) groups is 1. The van der Waals surface area contributed by atoms with Crippen molar-refractivity contribution < 1.29 is 45.0 Å². The van der Waals surface area contributed by atoms with Gasteiger partial charge in [0.25, 0.3) is 0 Å². The van der Waals surface area contributed by atoms with Gasteiger partial charge in [-0.05, 0) is 47.4 Å². The number of ether oxygens (including phenoxy) is 2. The summed E-state index contributed by atoms with van der Waals surface area (Å²) >= 11 is 0. The average molecular weight is 556 g/mol. The maximum Gasteiger partial charge on any atom is 0.416 e. The highest BCUT2D eigenvalue weighted by Gasteiger charge is 2.40. The number of carbonyl (C=O) groups excluding carboxylic acids is 1. The molecule has 12 heteroatoms. The van der Waals surface area contributed by atoms with Crippen LogP contribution < -0.4 is 4.74 Å². The monoisotopic (exact) mass is 556 g/mol. The zero-order valence-electron chi connectivity index (χ0n) is 21.0. The number of cyclic esters (lactones) is 1. The molecule has 0 N–H and O–H groups in total. The molecule has 2 aromatic carbocycles. The van der Waals surface area contributed by atoms with E-state index in [4.69, 9.17) is 9.47 Å². The van der Waals surface area contributed by atoms with Crippen LogP contribution in [0.1, 0.15) is 53.8 Å². The summed E-state index contributed by atoms with van der Waals surface area (Å²) in [6.45, 7) is 3.15. The Morgan fingerprint density at radius 3 is 2.23 bits per heavy atom. The second kappa shape index (κ2) is 10.4. The summed E-state index contributed by atoms with van der Waals surface area (Å²) in [6.07, 6.45) is -10.9. The molecule has 0 aliphatic carbocycles. The Morgan fingerprint density at radius 2 is 1.67 bits per heavy atom. The minimum absolute atomic E-state index is 0.0136. The fourth-order valence-corrected chi connectivity index (χ4v) is 4.36. The lowest BCUT2D eigenvalue weighted by atomic mass is 9.95. The Bertz CT molecular complexity index is 1350. The number of aromatic nitrogens is 1. The summed E-state index contributed by atoms with van der Waals surface area (Å²) in [6, 6.07) is 7.27. The van der Waals surface area contributed by atoms with Gasteiger partial charge in [0.1, 0.15) is 17.7 Å². The van der Waals surface area contributed by atoms with Gasteiger partial charge in [0.2, 0.25) is 0 Å². The molecule has 1 saturated heterocycles. The van der Waals surface area contributed by atoms with Gasteiger partial charge in [-0.1, -0.05) is 19.9 Å². The van der Waals surface area contributed by atoms with E-state index in [1.807, 2.05) is 13.8 Å². The summed E-state index contributed by atoms with van der Waals surface area (Å²) in [5.74, 6) is -0.392. The van der Waals surface area contributed by atoms with Crippen molar-refractivity contribution in [2.45, 2.75) is 44.8 Å². The lowest BCUT2D eigenvalue weighted by Gasteiger charge is -2.19. The van der Waals surface area contributed by atoms with Crippen LogP contribution in [0.5, 0.6) is 5.75 Å². The molecule has 1 aromatic heterocycles. The van der Waals surface area contributed by atoms with Gasteiger partial charge >= 0.3 is 18.4 Å². The topological polar surface area (TPSA) is 51.7 Å². The minimum Gasteiger partial charge on any atom is -0.496 e. The van der Waals surface area contributed by atoms with Gasteiger partial charge in [0.15, 0.2) is 0 Å². The molecule has 1 fully saturated rings. The molecule has 3 aromatic rings. The van der Waals surface area contributed by atoms with Crippen molar-refractivity contribution in [3.63, 3.8) is 0 Å². The van der Waals surface area contributed by atoms with Gasteiger partial charge in [-0.15, -0.1) is 0 Å².